The largest absolute Gasteiger partial charge is 0.465 e. The van der Waals surface area contributed by atoms with Gasteiger partial charge in [-0.3, -0.25) is 4.79 Å². The van der Waals surface area contributed by atoms with Gasteiger partial charge < -0.3 is 20.3 Å². The maximum Gasteiger partial charge on any atom is 0.337 e. The van der Waals surface area contributed by atoms with Crippen molar-refractivity contribution in [2.75, 3.05) is 34.3 Å². The van der Waals surface area contributed by atoms with Gasteiger partial charge in [0.05, 0.1) is 25.8 Å². The number of amides is 1. The maximum absolute atomic E-state index is 11.7. The van der Waals surface area contributed by atoms with Crippen LogP contribution in [0.25, 0.3) is 0 Å². The van der Waals surface area contributed by atoms with Gasteiger partial charge >= 0.3 is 5.97 Å². The number of ether oxygens (including phenoxy) is 1. The zero-order valence-electron chi connectivity index (χ0n) is 15.7. The van der Waals surface area contributed by atoms with Crippen LogP contribution in [0.2, 0.25) is 0 Å². The van der Waals surface area contributed by atoms with E-state index in [0.29, 0.717) is 24.6 Å². The SMILES string of the molecule is C=C(C)CNC(=NCc1ccc(C(=O)OC)cc1)NCC(=O)N(C)C.I. The molecule has 1 aromatic carbocycles. The number of esters is 1. The molecule has 0 aliphatic carbocycles. The Balaban J connectivity index is 0.00000625. The van der Waals surface area contributed by atoms with Gasteiger partial charge in [0.2, 0.25) is 5.91 Å². The summed E-state index contributed by atoms with van der Waals surface area (Å²) in [6.07, 6.45) is 0. The van der Waals surface area contributed by atoms with Crippen LogP contribution in [0.4, 0.5) is 0 Å². The molecule has 26 heavy (non-hydrogen) atoms. The Morgan fingerprint density at radius 1 is 1.15 bits per heavy atom. The second kappa shape index (κ2) is 12.3. The van der Waals surface area contributed by atoms with Crippen molar-refractivity contribution in [3.63, 3.8) is 0 Å². The topological polar surface area (TPSA) is 83.0 Å². The number of likely N-dealkylation sites (N-methyl/N-ethyl adjacent to an activating group) is 1. The second-order valence-electron chi connectivity index (χ2n) is 5.81. The minimum Gasteiger partial charge on any atom is -0.465 e. The number of halogens is 1. The number of methoxy groups -OCH3 is 1. The van der Waals surface area contributed by atoms with Crippen LogP contribution < -0.4 is 10.6 Å². The highest BCUT2D eigenvalue weighted by molar-refractivity contribution is 14.0. The van der Waals surface area contributed by atoms with Crippen LogP contribution in [0.5, 0.6) is 0 Å². The van der Waals surface area contributed by atoms with E-state index in [9.17, 15) is 9.59 Å². The molecule has 7 nitrogen and oxygen atoms in total. The zero-order chi connectivity index (χ0) is 18.8. The smallest absolute Gasteiger partial charge is 0.337 e. The summed E-state index contributed by atoms with van der Waals surface area (Å²) in [5.41, 5.74) is 2.38. The van der Waals surface area contributed by atoms with E-state index >= 15 is 0 Å². The highest BCUT2D eigenvalue weighted by Gasteiger charge is 2.07. The van der Waals surface area contributed by atoms with Gasteiger partial charge in [0, 0.05) is 20.6 Å². The Kier molecular flexibility index (Phi) is 11.3. The minimum atomic E-state index is -0.372. The molecule has 0 fully saturated rings. The van der Waals surface area contributed by atoms with Crippen molar-refractivity contribution < 1.29 is 14.3 Å². The molecular formula is C18H27IN4O3. The second-order valence-corrected chi connectivity index (χ2v) is 5.81. The van der Waals surface area contributed by atoms with E-state index in [1.54, 1.807) is 26.2 Å². The summed E-state index contributed by atoms with van der Waals surface area (Å²) in [4.78, 5) is 29.1. The summed E-state index contributed by atoms with van der Waals surface area (Å²) in [5, 5.41) is 6.11. The van der Waals surface area contributed by atoms with Crippen molar-refractivity contribution in [2.24, 2.45) is 4.99 Å². The lowest BCUT2D eigenvalue weighted by Crippen LogP contribution is -2.43. The summed E-state index contributed by atoms with van der Waals surface area (Å²) in [6.45, 7) is 6.86. The lowest BCUT2D eigenvalue weighted by atomic mass is 10.1. The van der Waals surface area contributed by atoms with Crippen molar-refractivity contribution in [3.05, 3.63) is 47.5 Å². The summed E-state index contributed by atoms with van der Waals surface area (Å²) >= 11 is 0. The molecule has 0 aliphatic heterocycles. The fourth-order valence-corrected chi connectivity index (χ4v) is 1.76. The highest BCUT2D eigenvalue weighted by Crippen LogP contribution is 2.06. The lowest BCUT2D eigenvalue weighted by Gasteiger charge is -2.15. The van der Waals surface area contributed by atoms with Crippen LogP contribution in [0.15, 0.2) is 41.4 Å². The number of aliphatic imine (C=N–C) groups is 1. The van der Waals surface area contributed by atoms with E-state index in [2.05, 4.69) is 26.9 Å². The number of hydrogen-bond acceptors (Lipinski definition) is 4. The summed E-state index contributed by atoms with van der Waals surface area (Å²) in [6, 6.07) is 7.02. The molecular weight excluding hydrogens is 447 g/mol. The molecule has 0 spiro atoms. The molecule has 0 bridgehead atoms. The van der Waals surface area contributed by atoms with Gasteiger partial charge in [-0.1, -0.05) is 24.3 Å². The molecule has 0 saturated heterocycles. The van der Waals surface area contributed by atoms with Crippen LogP contribution in [-0.2, 0) is 16.1 Å². The maximum atomic E-state index is 11.7. The number of nitrogens with one attached hydrogen (secondary N) is 2. The van der Waals surface area contributed by atoms with E-state index in [-0.39, 0.29) is 42.4 Å². The van der Waals surface area contributed by atoms with Crippen LogP contribution in [-0.4, -0.2) is 57.0 Å². The molecule has 0 heterocycles. The number of carbonyl (C=O) groups is 2. The lowest BCUT2D eigenvalue weighted by molar-refractivity contribution is -0.127. The Morgan fingerprint density at radius 3 is 2.23 bits per heavy atom. The van der Waals surface area contributed by atoms with Crippen LogP contribution >= 0.6 is 24.0 Å². The predicted molar refractivity (Wildman–Crippen MR) is 114 cm³/mol. The number of guanidine groups is 1. The first-order chi connectivity index (χ1) is 11.8. The van der Waals surface area contributed by atoms with E-state index in [1.165, 1.54) is 12.0 Å². The summed E-state index contributed by atoms with van der Waals surface area (Å²) in [5.74, 6) is 0.102. The molecule has 0 saturated carbocycles. The monoisotopic (exact) mass is 474 g/mol. The fraction of sp³-hybridized carbons (Fsp3) is 0.389. The summed E-state index contributed by atoms with van der Waals surface area (Å²) in [7, 11) is 4.75. The van der Waals surface area contributed by atoms with Gasteiger partial charge in [0.15, 0.2) is 5.96 Å². The van der Waals surface area contributed by atoms with Gasteiger partial charge in [-0.05, 0) is 24.6 Å². The summed E-state index contributed by atoms with van der Waals surface area (Å²) < 4.78 is 4.67. The highest BCUT2D eigenvalue weighted by atomic mass is 127. The van der Waals surface area contributed by atoms with Gasteiger partial charge in [-0.25, -0.2) is 9.79 Å². The minimum absolute atomic E-state index is 0. The first-order valence-electron chi connectivity index (χ1n) is 7.87. The quantitative estimate of drug-likeness (QED) is 0.207. The third kappa shape index (κ3) is 8.84. The van der Waals surface area contributed by atoms with Crippen molar-refractivity contribution in [1.29, 1.82) is 0 Å². The normalized spacial score (nSPS) is 10.4. The van der Waals surface area contributed by atoms with E-state index in [1.807, 2.05) is 19.1 Å². The average Bonchev–Trinajstić information content (AvgIpc) is 2.60. The Morgan fingerprint density at radius 2 is 1.73 bits per heavy atom. The molecule has 8 heteroatoms. The molecule has 0 atom stereocenters. The number of nitrogens with zero attached hydrogens (tertiary/aromatic N) is 2. The van der Waals surface area contributed by atoms with Gasteiger partial charge in [-0.15, -0.1) is 24.0 Å². The number of benzene rings is 1. The van der Waals surface area contributed by atoms with Crippen molar-refractivity contribution in [1.82, 2.24) is 15.5 Å². The van der Waals surface area contributed by atoms with Crippen molar-refractivity contribution >= 4 is 41.8 Å². The third-order valence-electron chi connectivity index (χ3n) is 3.26. The van der Waals surface area contributed by atoms with E-state index in [0.717, 1.165) is 11.1 Å². The van der Waals surface area contributed by atoms with Gasteiger partial charge in [-0.2, -0.15) is 0 Å². The molecule has 0 radical (unpaired) electrons. The molecule has 1 rings (SSSR count). The molecule has 2 N–H and O–H groups in total. The standard InChI is InChI=1S/C18H26N4O3.HI/c1-13(2)10-19-18(21-12-16(23)22(3)4)20-11-14-6-8-15(9-7-14)17(24)25-5;/h6-9H,1,10-12H2,2-5H3,(H2,19,20,21);1H. The predicted octanol–water partition coefficient (Wildman–Crippen LogP) is 1.79. The fourth-order valence-electron chi connectivity index (χ4n) is 1.76. The molecule has 1 aromatic rings. The third-order valence-corrected chi connectivity index (χ3v) is 3.26. The molecule has 0 aliphatic rings. The zero-order valence-corrected chi connectivity index (χ0v) is 18.0. The Labute approximate surface area is 171 Å². The number of hydrogen-bond donors (Lipinski definition) is 2. The van der Waals surface area contributed by atoms with E-state index < -0.39 is 0 Å². The first kappa shape index (κ1) is 23.9. The first-order valence-corrected chi connectivity index (χ1v) is 7.87. The number of rotatable bonds is 7. The number of carbonyl (C=O) groups excluding carboxylic acids is 2. The average molecular weight is 474 g/mol. The van der Waals surface area contributed by atoms with Crippen molar-refractivity contribution in [3.8, 4) is 0 Å². The van der Waals surface area contributed by atoms with E-state index in [4.69, 9.17) is 0 Å². The van der Waals surface area contributed by atoms with Gasteiger partial charge in [0.1, 0.15) is 0 Å². The van der Waals surface area contributed by atoms with Gasteiger partial charge in [0.25, 0.3) is 0 Å². The van der Waals surface area contributed by atoms with Crippen LogP contribution in [0.3, 0.4) is 0 Å². The molecule has 0 unspecified atom stereocenters. The molecule has 144 valence electrons. The van der Waals surface area contributed by atoms with Crippen LogP contribution in [0, 0.1) is 0 Å². The molecule has 0 aromatic heterocycles. The van der Waals surface area contributed by atoms with Crippen molar-refractivity contribution in [2.45, 2.75) is 13.5 Å². The Bertz CT molecular complexity index is 642. The van der Waals surface area contributed by atoms with Crippen LogP contribution in [0.1, 0.15) is 22.8 Å². The molecule has 1 amide bonds. The Hall–Kier alpha value is -2.10.